The van der Waals surface area contributed by atoms with Gasteiger partial charge in [-0.25, -0.2) is 4.79 Å². The molecule has 0 fully saturated rings. The van der Waals surface area contributed by atoms with Crippen molar-refractivity contribution in [2.24, 2.45) is 11.1 Å². The van der Waals surface area contributed by atoms with E-state index >= 15 is 0 Å². The van der Waals surface area contributed by atoms with Crippen LogP contribution in [-0.4, -0.2) is 16.1 Å². The van der Waals surface area contributed by atoms with Gasteiger partial charge in [0.1, 0.15) is 0 Å². The molecule has 0 aliphatic rings. The zero-order valence-corrected chi connectivity index (χ0v) is 12.0. The largest absolute Gasteiger partial charge is 0.347 e. The molecule has 0 saturated heterocycles. The van der Waals surface area contributed by atoms with Crippen LogP contribution in [-0.2, 0) is 6.54 Å². The third-order valence-corrected chi connectivity index (χ3v) is 3.38. The van der Waals surface area contributed by atoms with E-state index in [0.717, 1.165) is 37.2 Å². The second kappa shape index (κ2) is 6.14. The minimum Gasteiger partial charge on any atom is -0.330 e. The maximum absolute atomic E-state index is 11.7. The van der Waals surface area contributed by atoms with Crippen molar-refractivity contribution in [1.82, 2.24) is 9.55 Å². The number of aryl methyl sites for hydroxylation is 2. The topological polar surface area (TPSA) is 60.9 Å². The minimum atomic E-state index is -0.134. The second-order valence-corrected chi connectivity index (χ2v) is 5.80. The Balaban J connectivity index is 2.53. The van der Waals surface area contributed by atoms with Gasteiger partial charge < -0.3 is 5.73 Å². The fourth-order valence-electron chi connectivity index (χ4n) is 2.02. The Morgan fingerprint density at radius 1 is 1.33 bits per heavy atom. The molecule has 0 radical (unpaired) electrons. The lowest BCUT2D eigenvalue weighted by atomic mass is 9.87. The SMILES string of the molecule is Cc1cc(C)n(CCCCC(C)(C)CN)c(=O)n1. The molecule has 4 nitrogen and oxygen atoms in total. The summed E-state index contributed by atoms with van der Waals surface area (Å²) in [4.78, 5) is 15.7. The molecule has 0 aromatic carbocycles. The van der Waals surface area contributed by atoms with Crippen molar-refractivity contribution in [2.45, 2.75) is 53.5 Å². The van der Waals surface area contributed by atoms with Crippen LogP contribution in [0.4, 0.5) is 0 Å². The molecule has 0 amide bonds. The summed E-state index contributed by atoms with van der Waals surface area (Å²) >= 11 is 0. The molecule has 1 heterocycles. The van der Waals surface area contributed by atoms with Crippen LogP contribution < -0.4 is 11.4 Å². The molecule has 0 aliphatic heterocycles. The van der Waals surface area contributed by atoms with E-state index in [1.807, 2.05) is 19.9 Å². The zero-order chi connectivity index (χ0) is 13.8. The van der Waals surface area contributed by atoms with Crippen LogP contribution in [0.3, 0.4) is 0 Å². The van der Waals surface area contributed by atoms with E-state index in [0.29, 0.717) is 6.54 Å². The molecule has 0 atom stereocenters. The number of nitrogens with zero attached hydrogens (tertiary/aromatic N) is 2. The summed E-state index contributed by atoms with van der Waals surface area (Å²) in [5.41, 5.74) is 7.55. The van der Waals surface area contributed by atoms with Crippen LogP contribution in [0.15, 0.2) is 10.9 Å². The highest BCUT2D eigenvalue weighted by Crippen LogP contribution is 2.21. The molecule has 0 saturated carbocycles. The van der Waals surface area contributed by atoms with Crippen LogP contribution in [0.2, 0.25) is 0 Å². The average Bonchev–Trinajstić information content (AvgIpc) is 2.26. The van der Waals surface area contributed by atoms with Crippen molar-refractivity contribution >= 4 is 0 Å². The molecule has 2 N–H and O–H groups in total. The monoisotopic (exact) mass is 251 g/mol. The van der Waals surface area contributed by atoms with Gasteiger partial charge in [0.15, 0.2) is 0 Å². The fourth-order valence-corrected chi connectivity index (χ4v) is 2.02. The Morgan fingerprint density at radius 2 is 2.00 bits per heavy atom. The van der Waals surface area contributed by atoms with Gasteiger partial charge in [0, 0.05) is 17.9 Å². The summed E-state index contributed by atoms with van der Waals surface area (Å²) in [7, 11) is 0. The maximum Gasteiger partial charge on any atom is 0.347 e. The number of aromatic nitrogens is 2. The molecule has 1 aromatic rings. The quantitative estimate of drug-likeness (QED) is 0.787. The normalized spacial score (nSPS) is 11.8. The van der Waals surface area contributed by atoms with Crippen molar-refractivity contribution in [1.29, 1.82) is 0 Å². The summed E-state index contributed by atoms with van der Waals surface area (Å²) in [6, 6.07) is 1.95. The van der Waals surface area contributed by atoms with E-state index < -0.39 is 0 Å². The molecule has 4 heteroatoms. The van der Waals surface area contributed by atoms with Crippen LogP contribution in [0.25, 0.3) is 0 Å². The van der Waals surface area contributed by atoms with Crippen molar-refractivity contribution in [3.63, 3.8) is 0 Å². The first-order valence-electron chi connectivity index (χ1n) is 6.61. The van der Waals surface area contributed by atoms with Crippen molar-refractivity contribution in [3.05, 3.63) is 27.9 Å². The predicted molar refractivity (Wildman–Crippen MR) is 74.7 cm³/mol. The Labute approximate surface area is 109 Å². The lowest BCUT2D eigenvalue weighted by Crippen LogP contribution is -2.26. The molecular formula is C14H25N3O. The Kier molecular flexibility index (Phi) is 5.08. The predicted octanol–water partition coefficient (Wildman–Crippen LogP) is 2.02. The molecule has 0 bridgehead atoms. The highest BCUT2D eigenvalue weighted by molar-refractivity contribution is 5.06. The van der Waals surface area contributed by atoms with Crippen molar-refractivity contribution < 1.29 is 0 Å². The highest BCUT2D eigenvalue weighted by Gasteiger charge is 2.14. The van der Waals surface area contributed by atoms with Crippen LogP contribution in [0.5, 0.6) is 0 Å². The van der Waals surface area contributed by atoms with E-state index in [1.54, 1.807) is 4.57 Å². The standard InChI is InChI=1S/C14H25N3O/c1-11-9-12(2)17(13(18)16-11)8-6-5-7-14(3,4)10-15/h9H,5-8,10,15H2,1-4H3. The third-order valence-electron chi connectivity index (χ3n) is 3.38. The van der Waals surface area contributed by atoms with Gasteiger partial charge in [-0.1, -0.05) is 20.3 Å². The first-order valence-corrected chi connectivity index (χ1v) is 6.61. The summed E-state index contributed by atoms with van der Waals surface area (Å²) in [5, 5.41) is 0. The van der Waals surface area contributed by atoms with Gasteiger partial charge in [0.25, 0.3) is 0 Å². The van der Waals surface area contributed by atoms with Gasteiger partial charge in [-0.15, -0.1) is 0 Å². The zero-order valence-electron chi connectivity index (χ0n) is 12.0. The number of nitrogens with two attached hydrogens (primary N) is 1. The van der Waals surface area contributed by atoms with E-state index in [4.69, 9.17) is 5.73 Å². The molecule has 0 spiro atoms. The first-order chi connectivity index (χ1) is 8.35. The number of rotatable bonds is 6. The molecule has 102 valence electrons. The molecule has 1 rings (SSSR count). The van der Waals surface area contributed by atoms with Crippen molar-refractivity contribution in [3.8, 4) is 0 Å². The van der Waals surface area contributed by atoms with Gasteiger partial charge in [-0.05, 0) is 44.7 Å². The average molecular weight is 251 g/mol. The summed E-state index contributed by atoms with van der Waals surface area (Å²) in [6.07, 6.45) is 3.18. The second-order valence-electron chi connectivity index (χ2n) is 5.80. The Morgan fingerprint density at radius 3 is 2.56 bits per heavy atom. The minimum absolute atomic E-state index is 0.134. The number of hydrogen-bond donors (Lipinski definition) is 1. The van der Waals surface area contributed by atoms with Crippen LogP contribution in [0.1, 0.15) is 44.5 Å². The Hall–Kier alpha value is -1.16. The van der Waals surface area contributed by atoms with Crippen LogP contribution >= 0.6 is 0 Å². The van der Waals surface area contributed by atoms with Gasteiger partial charge in [-0.3, -0.25) is 4.57 Å². The van der Waals surface area contributed by atoms with Gasteiger partial charge >= 0.3 is 5.69 Å². The van der Waals surface area contributed by atoms with Gasteiger partial charge in [-0.2, -0.15) is 4.98 Å². The lowest BCUT2D eigenvalue weighted by Gasteiger charge is -2.22. The van der Waals surface area contributed by atoms with E-state index in [2.05, 4.69) is 18.8 Å². The molecule has 0 unspecified atom stereocenters. The number of unbranched alkanes of at least 4 members (excludes halogenated alkanes) is 1. The smallest absolute Gasteiger partial charge is 0.330 e. The number of hydrogen-bond acceptors (Lipinski definition) is 3. The maximum atomic E-state index is 11.7. The summed E-state index contributed by atoms with van der Waals surface area (Å²) in [5.74, 6) is 0. The third kappa shape index (κ3) is 4.26. The molecule has 0 aliphatic carbocycles. The highest BCUT2D eigenvalue weighted by atomic mass is 16.1. The first kappa shape index (κ1) is 14.9. The van der Waals surface area contributed by atoms with Gasteiger partial charge in [0.05, 0.1) is 0 Å². The fraction of sp³-hybridized carbons (Fsp3) is 0.714. The molecule has 18 heavy (non-hydrogen) atoms. The van der Waals surface area contributed by atoms with E-state index in [9.17, 15) is 4.79 Å². The van der Waals surface area contributed by atoms with E-state index in [-0.39, 0.29) is 11.1 Å². The Bertz CT molecular complexity index is 449. The van der Waals surface area contributed by atoms with Gasteiger partial charge in [0.2, 0.25) is 0 Å². The molecule has 1 aromatic heterocycles. The van der Waals surface area contributed by atoms with Crippen LogP contribution in [0, 0.1) is 19.3 Å². The summed E-state index contributed by atoms with van der Waals surface area (Å²) < 4.78 is 1.75. The molecular weight excluding hydrogens is 226 g/mol. The summed E-state index contributed by atoms with van der Waals surface area (Å²) in [6.45, 7) is 9.62. The van der Waals surface area contributed by atoms with Crippen molar-refractivity contribution in [2.75, 3.05) is 6.54 Å². The van der Waals surface area contributed by atoms with E-state index in [1.165, 1.54) is 0 Å². The lowest BCUT2D eigenvalue weighted by molar-refractivity contribution is 0.328.